The van der Waals surface area contributed by atoms with Crippen molar-refractivity contribution in [2.45, 2.75) is 63.2 Å². The Balaban J connectivity index is 0.751. The van der Waals surface area contributed by atoms with Crippen LogP contribution in [0.25, 0.3) is 11.0 Å². The number of piperidine rings is 1. The molecule has 4 amide bonds. The number of aryl methyl sites for hydroxylation is 1. The van der Waals surface area contributed by atoms with Crippen LogP contribution in [0.2, 0.25) is 0 Å². The van der Waals surface area contributed by atoms with Gasteiger partial charge in [0.05, 0.1) is 75.4 Å². The van der Waals surface area contributed by atoms with E-state index in [1.54, 1.807) is 35.3 Å². The fraction of sp³-hybridized carbons (Fsp3) is 0.526. The molecular weight excluding hydrogens is 736 g/mol. The number of morpholine rings is 1. The van der Waals surface area contributed by atoms with Crippen molar-refractivity contribution in [3.63, 3.8) is 0 Å². The van der Waals surface area contributed by atoms with Crippen LogP contribution in [0.15, 0.2) is 36.8 Å². The third-order valence-electron chi connectivity index (χ3n) is 10.9. The quantitative estimate of drug-likeness (QED) is 0.0944. The molecule has 19 heteroatoms. The molecule has 4 aromatic rings. The van der Waals surface area contributed by atoms with E-state index in [0.717, 1.165) is 79.4 Å². The normalized spacial score (nSPS) is 21.6. The van der Waals surface area contributed by atoms with Crippen molar-refractivity contribution in [3.05, 3.63) is 47.9 Å². The van der Waals surface area contributed by atoms with Crippen LogP contribution in [0.4, 0.5) is 23.1 Å². The number of ether oxygens (including phenoxy) is 3. The Morgan fingerprint density at radius 1 is 0.912 bits per heavy atom. The molecule has 3 aliphatic heterocycles. The maximum atomic E-state index is 13.3. The summed E-state index contributed by atoms with van der Waals surface area (Å²) in [5.74, 6) is -0.927. The zero-order valence-electron chi connectivity index (χ0n) is 31.9. The molecule has 4 N–H and O–H groups in total. The monoisotopic (exact) mass is 784 g/mol. The molecule has 0 radical (unpaired) electrons. The number of anilines is 4. The number of aromatic nitrogens is 6. The van der Waals surface area contributed by atoms with E-state index in [4.69, 9.17) is 24.2 Å². The van der Waals surface area contributed by atoms with Crippen LogP contribution in [-0.4, -0.2) is 140 Å². The molecule has 57 heavy (non-hydrogen) atoms. The molecule has 0 spiro atoms. The summed E-state index contributed by atoms with van der Waals surface area (Å²) in [6.45, 7) is 6.11. The number of benzene rings is 1. The number of nitrogens with one attached hydrogen (secondary N) is 4. The van der Waals surface area contributed by atoms with Gasteiger partial charge >= 0.3 is 0 Å². The topological polar surface area (TPSA) is 212 Å². The smallest absolute Gasteiger partial charge is 0.264 e. The number of hydrogen-bond donors (Lipinski definition) is 4. The van der Waals surface area contributed by atoms with Crippen LogP contribution in [0.3, 0.4) is 0 Å². The molecule has 2 saturated heterocycles. The summed E-state index contributed by atoms with van der Waals surface area (Å²) in [4.78, 5) is 63.4. The third-order valence-corrected chi connectivity index (χ3v) is 10.9. The van der Waals surface area contributed by atoms with Gasteiger partial charge in [-0.05, 0) is 44.2 Å². The summed E-state index contributed by atoms with van der Waals surface area (Å²) in [6.07, 6.45) is 9.98. The van der Waals surface area contributed by atoms with Gasteiger partial charge in [0.2, 0.25) is 17.8 Å². The lowest BCUT2D eigenvalue weighted by Gasteiger charge is -2.39. The standard InChI is InChI=1S/C38H48N12O7/c1-47-33-29(22-40-47)44-38(46-34(33)42-24-5-7-26(8-6-24)48-12-16-56-17-13-48)43-25-21-41-49(23-25)14-18-57-20-19-55-15-11-39-28-4-2-3-27-32(28)37(54)50(36(27)53)30-9-10-31(51)45-35(30)52/h2-4,21-24,26,30,39H,5-20H2,1H3,(H,45,51,52)(H2,42,43,44,46). The Morgan fingerprint density at radius 3 is 2.53 bits per heavy atom. The Kier molecular flexibility index (Phi) is 11.7. The zero-order valence-corrected chi connectivity index (χ0v) is 31.9. The zero-order chi connectivity index (χ0) is 39.3. The van der Waals surface area contributed by atoms with Crippen LogP contribution in [-0.2, 0) is 37.4 Å². The molecule has 1 atom stereocenters. The molecule has 0 bridgehead atoms. The number of amides is 4. The highest BCUT2D eigenvalue weighted by atomic mass is 16.5. The SMILES string of the molecule is Cn1ncc2nc(Nc3cnn(CCOCCOCCNc4cccc5c4C(=O)N(C4CCC(=O)NC4=O)C5=O)c3)nc(NC3CCC(N4CCOCC4)CC3)c21. The van der Waals surface area contributed by atoms with Gasteiger partial charge in [-0.3, -0.25) is 43.7 Å². The second kappa shape index (κ2) is 17.3. The van der Waals surface area contributed by atoms with E-state index in [1.165, 1.54) is 0 Å². The van der Waals surface area contributed by atoms with E-state index >= 15 is 0 Å². The highest BCUT2D eigenvalue weighted by molar-refractivity contribution is 6.25. The minimum atomic E-state index is -1.02. The minimum Gasteiger partial charge on any atom is -0.382 e. The minimum absolute atomic E-state index is 0.0649. The van der Waals surface area contributed by atoms with Crippen molar-refractivity contribution < 1.29 is 33.4 Å². The van der Waals surface area contributed by atoms with Gasteiger partial charge in [-0.1, -0.05) is 6.07 Å². The Bertz CT molecular complexity index is 2110. The average molecular weight is 785 g/mol. The van der Waals surface area contributed by atoms with Crippen LogP contribution >= 0.6 is 0 Å². The predicted octanol–water partition coefficient (Wildman–Crippen LogP) is 1.91. The molecule has 3 aromatic heterocycles. The molecule has 1 aromatic carbocycles. The second-order valence-electron chi connectivity index (χ2n) is 14.6. The van der Waals surface area contributed by atoms with Gasteiger partial charge in [0.25, 0.3) is 11.8 Å². The summed E-state index contributed by atoms with van der Waals surface area (Å²) in [5.41, 5.74) is 3.30. The lowest BCUT2D eigenvalue weighted by molar-refractivity contribution is -0.136. The lowest BCUT2D eigenvalue weighted by atomic mass is 9.90. The van der Waals surface area contributed by atoms with Gasteiger partial charge in [0.15, 0.2) is 5.82 Å². The summed E-state index contributed by atoms with van der Waals surface area (Å²) < 4.78 is 20.6. The molecule has 1 unspecified atom stereocenters. The maximum Gasteiger partial charge on any atom is 0.264 e. The summed E-state index contributed by atoms with van der Waals surface area (Å²) in [7, 11) is 1.91. The van der Waals surface area contributed by atoms with E-state index in [1.807, 2.05) is 17.9 Å². The van der Waals surface area contributed by atoms with E-state index in [-0.39, 0.29) is 24.0 Å². The molecule has 302 valence electrons. The molecule has 4 aliphatic rings. The van der Waals surface area contributed by atoms with Gasteiger partial charge in [-0.2, -0.15) is 15.2 Å². The third kappa shape index (κ3) is 8.60. The Hall–Kier alpha value is -5.50. The average Bonchev–Trinajstić information content (AvgIpc) is 3.90. The van der Waals surface area contributed by atoms with Crippen molar-refractivity contribution in [1.29, 1.82) is 0 Å². The number of carbonyl (C=O) groups is 4. The number of carbonyl (C=O) groups excluding carboxylic acids is 4. The van der Waals surface area contributed by atoms with Crippen molar-refractivity contribution in [1.82, 2.24) is 44.6 Å². The van der Waals surface area contributed by atoms with Gasteiger partial charge < -0.3 is 30.2 Å². The predicted molar refractivity (Wildman–Crippen MR) is 207 cm³/mol. The number of rotatable bonds is 16. The Morgan fingerprint density at radius 2 is 1.72 bits per heavy atom. The van der Waals surface area contributed by atoms with Crippen LogP contribution in [0.1, 0.15) is 59.2 Å². The van der Waals surface area contributed by atoms with Gasteiger partial charge in [0, 0.05) is 57.1 Å². The van der Waals surface area contributed by atoms with Gasteiger partial charge in [-0.25, -0.2) is 4.98 Å². The van der Waals surface area contributed by atoms with E-state index in [0.29, 0.717) is 63.2 Å². The Labute approximate surface area is 328 Å². The van der Waals surface area contributed by atoms with Crippen molar-refractivity contribution in [3.8, 4) is 0 Å². The summed E-state index contributed by atoms with van der Waals surface area (Å²) in [6, 6.07) is 4.87. The first-order valence-corrected chi connectivity index (χ1v) is 19.6. The van der Waals surface area contributed by atoms with Gasteiger partial charge in [-0.15, -0.1) is 0 Å². The highest BCUT2D eigenvalue weighted by Gasteiger charge is 2.45. The fourth-order valence-electron chi connectivity index (χ4n) is 8.04. The van der Waals surface area contributed by atoms with Crippen LogP contribution < -0.4 is 21.3 Å². The van der Waals surface area contributed by atoms with E-state index in [9.17, 15) is 19.2 Å². The maximum absolute atomic E-state index is 13.3. The summed E-state index contributed by atoms with van der Waals surface area (Å²) in [5, 5.41) is 21.3. The molecule has 6 heterocycles. The van der Waals surface area contributed by atoms with Crippen LogP contribution in [0, 0.1) is 0 Å². The summed E-state index contributed by atoms with van der Waals surface area (Å²) >= 11 is 0. The van der Waals surface area contributed by atoms with E-state index < -0.39 is 29.7 Å². The molecule has 19 nitrogen and oxygen atoms in total. The molecule has 1 aliphatic carbocycles. The largest absolute Gasteiger partial charge is 0.382 e. The first kappa shape index (κ1) is 38.4. The number of fused-ring (bicyclic) bond motifs is 2. The molecule has 1 saturated carbocycles. The number of nitrogens with zero attached hydrogens (tertiary/aromatic N) is 8. The first-order chi connectivity index (χ1) is 27.8. The number of imide groups is 2. The van der Waals surface area contributed by atoms with Crippen molar-refractivity contribution in [2.24, 2.45) is 7.05 Å². The van der Waals surface area contributed by atoms with Crippen molar-refractivity contribution in [2.75, 3.05) is 75.2 Å². The lowest BCUT2D eigenvalue weighted by Crippen LogP contribution is -2.54. The van der Waals surface area contributed by atoms with Crippen LogP contribution in [0.5, 0.6) is 0 Å². The molecule has 3 fully saturated rings. The fourth-order valence-corrected chi connectivity index (χ4v) is 8.04. The first-order valence-electron chi connectivity index (χ1n) is 19.6. The van der Waals surface area contributed by atoms with Crippen molar-refractivity contribution >= 4 is 57.8 Å². The highest BCUT2D eigenvalue weighted by Crippen LogP contribution is 2.33. The number of hydrogen-bond acceptors (Lipinski definition) is 15. The second-order valence-corrected chi connectivity index (χ2v) is 14.6. The van der Waals surface area contributed by atoms with E-state index in [2.05, 4.69) is 36.4 Å². The van der Waals surface area contributed by atoms with Gasteiger partial charge in [0.1, 0.15) is 17.1 Å². The molecule has 8 rings (SSSR count). The molecular formula is C38H48N12O7.